The highest BCUT2D eigenvalue weighted by atomic mass is 16.6. The number of nitrogens with one attached hydrogen (secondary N) is 2. The molecule has 0 aliphatic carbocycles. The Labute approximate surface area is 163 Å². The van der Waals surface area contributed by atoms with Crippen LogP contribution in [0.4, 0.5) is 0 Å². The van der Waals surface area contributed by atoms with Gasteiger partial charge < -0.3 is 24.6 Å². The first kappa shape index (κ1) is 17.9. The quantitative estimate of drug-likeness (QED) is 0.525. The molecule has 0 radical (unpaired) electrons. The van der Waals surface area contributed by atoms with Gasteiger partial charge in [0.2, 0.25) is 0 Å². The number of hydrogen-bond acceptors (Lipinski definition) is 5. The topological polar surface area (TPSA) is 80.9 Å². The molecule has 0 saturated heterocycles. The van der Waals surface area contributed by atoms with E-state index >= 15 is 0 Å². The van der Waals surface area contributed by atoms with E-state index < -0.39 is 0 Å². The van der Waals surface area contributed by atoms with E-state index in [0.29, 0.717) is 25.7 Å². The van der Waals surface area contributed by atoms with Gasteiger partial charge in [0.15, 0.2) is 23.2 Å². The first-order valence-corrected chi connectivity index (χ1v) is 9.16. The molecular weight excluding hydrogens is 356 g/mol. The number of fused-ring (bicyclic) bond motifs is 1. The van der Waals surface area contributed by atoms with E-state index in [9.17, 15) is 0 Å². The summed E-state index contributed by atoms with van der Waals surface area (Å²) in [6, 6.07) is 19.5. The Bertz CT molecular complexity index is 940. The van der Waals surface area contributed by atoms with Gasteiger partial charge in [0.25, 0.3) is 0 Å². The first-order chi connectivity index (χ1) is 13.8. The van der Waals surface area contributed by atoms with Gasteiger partial charge in [0, 0.05) is 18.7 Å². The Balaban J connectivity index is 1.27. The molecular formula is C21H22N4O3. The van der Waals surface area contributed by atoms with E-state index in [4.69, 9.17) is 14.0 Å². The predicted octanol–water partition coefficient (Wildman–Crippen LogP) is 2.85. The molecule has 2 aromatic carbocycles. The van der Waals surface area contributed by atoms with Crippen molar-refractivity contribution < 1.29 is 14.0 Å². The number of ether oxygens (including phenoxy) is 2. The number of nitrogens with zero attached hydrogens (tertiary/aromatic N) is 2. The molecule has 144 valence electrons. The molecule has 7 nitrogen and oxygen atoms in total. The van der Waals surface area contributed by atoms with Crippen molar-refractivity contribution in [1.82, 2.24) is 15.8 Å². The molecule has 28 heavy (non-hydrogen) atoms. The van der Waals surface area contributed by atoms with Gasteiger partial charge in [0.1, 0.15) is 18.4 Å². The van der Waals surface area contributed by atoms with Crippen LogP contribution in [-0.4, -0.2) is 37.4 Å². The largest absolute Gasteiger partial charge is 0.486 e. The van der Waals surface area contributed by atoms with Crippen molar-refractivity contribution >= 4 is 5.96 Å². The summed E-state index contributed by atoms with van der Waals surface area (Å²) in [6.07, 6.45) is -0.0924. The number of aromatic nitrogens is 1. The summed E-state index contributed by atoms with van der Waals surface area (Å²) in [4.78, 5) is 4.24. The van der Waals surface area contributed by atoms with E-state index in [1.54, 1.807) is 7.05 Å². The van der Waals surface area contributed by atoms with Gasteiger partial charge in [-0.2, -0.15) is 0 Å². The average molecular weight is 378 g/mol. The predicted molar refractivity (Wildman–Crippen MR) is 106 cm³/mol. The Kier molecular flexibility index (Phi) is 5.42. The van der Waals surface area contributed by atoms with Gasteiger partial charge in [-0.25, -0.2) is 0 Å². The lowest BCUT2D eigenvalue weighted by molar-refractivity contribution is 0.0936. The zero-order valence-corrected chi connectivity index (χ0v) is 15.6. The Morgan fingerprint density at radius 1 is 1.07 bits per heavy atom. The summed E-state index contributed by atoms with van der Waals surface area (Å²) in [5.41, 5.74) is 1.80. The monoisotopic (exact) mass is 378 g/mol. The molecule has 3 aromatic rings. The third-order valence-corrected chi connectivity index (χ3v) is 4.34. The molecule has 0 fully saturated rings. The van der Waals surface area contributed by atoms with Crippen LogP contribution in [0.25, 0.3) is 11.3 Å². The highest BCUT2D eigenvalue weighted by molar-refractivity contribution is 5.79. The zero-order valence-electron chi connectivity index (χ0n) is 15.6. The third kappa shape index (κ3) is 4.25. The minimum atomic E-state index is -0.0924. The van der Waals surface area contributed by atoms with Crippen molar-refractivity contribution in [2.24, 2.45) is 4.99 Å². The maximum atomic E-state index is 5.94. The molecule has 1 aromatic heterocycles. The molecule has 7 heteroatoms. The SMILES string of the molecule is CN=C(NCc1cc(-c2ccccc2)on1)NCC1COc2ccccc2O1. The fraction of sp³-hybridized carbons (Fsp3) is 0.238. The summed E-state index contributed by atoms with van der Waals surface area (Å²) in [7, 11) is 1.72. The minimum absolute atomic E-state index is 0.0924. The maximum Gasteiger partial charge on any atom is 0.191 e. The molecule has 1 unspecified atom stereocenters. The van der Waals surface area contributed by atoms with Crippen LogP contribution in [0.5, 0.6) is 11.5 Å². The summed E-state index contributed by atoms with van der Waals surface area (Å²) in [6.45, 7) is 1.56. The second kappa shape index (κ2) is 8.47. The van der Waals surface area contributed by atoms with Crippen LogP contribution in [0.2, 0.25) is 0 Å². The molecule has 2 heterocycles. The summed E-state index contributed by atoms with van der Waals surface area (Å²) in [5, 5.41) is 10.6. The van der Waals surface area contributed by atoms with E-state index in [-0.39, 0.29) is 6.10 Å². The van der Waals surface area contributed by atoms with Gasteiger partial charge in [0.05, 0.1) is 13.1 Å². The van der Waals surface area contributed by atoms with Crippen molar-refractivity contribution in [3.05, 3.63) is 66.4 Å². The van der Waals surface area contributed by atoms with Crippen LogP contribution in [0.3, 0.4) is 0 Å². The highest BCUT2D eigenvalue weighted by Gasteiger charge is 2.20. The number of aliphatic imine (C=N–C) groups is 1. The van der Waals surface area contributed by atoms with Crippen LogP contribution in [0, 0.1) is 0 Å². The molecule has 0 bridgehead atoms. The summed E-state index contributed by atoms with van der Waals surface area (Å²) >= 11 is 0. The summed E-state index contributed by atoms with van der Waals surface area (Å²) in [5.74, 6) is 2.94. The van der Waals surface area contributed by atoms with Crippen molar-refractivity contribution in [3.63, 3.8) is 0 Å². The van der Waals surface area contributed by atoms with E-state index in [0.717, 1.165) is 28.5 Å². The molecule has 1 aliphatic rings. The lowest BCUT2D eigenvalue weighted by Crippen LogP contribution is -2.45. The number of benzene rings is 2. The van der Waals surface area contributed by atoms with Crippen LogP contribution < -0.4 is 20.1 Å². The number of hydrogen-bond donors (Lipinski definition) is 2. The van der Waals surface area contributed by atoms with E-state index in [1.807, 2.05) is 60.7 Å². The third-order valence-electron chi connectivity index (χ3n) is 4.34. The first-order valence-electron chi connectivity index (χ1n) is 9.16. The molecule has 0 saturated carbocycles. The fourth-order valence-electron chi connectivity index (χ4n) is 2.90. The van der Waals surface area contributed by atoms with Crippen molar-refractivity contribution in [3.8, 4) is 22.8 Å². The van der Waals surface area contributed by atoms with Crippen LogP contribution in [-0.2, 0) is 6.54 Å². The van der Waals surface area contributed by atoms with Gasteiger partial charge in [-0.05, 0) is 12.1 Å². The Hall–Kier alpha value is -3.48. The van der Waals surface area contributed by atoms with Gasteiger partial charge in [-0.15, -0.1) is 0 Å². The molecule has 0 spiro atoms. The Morgan fingerprint density at radius 3 is 2.68 bits per heavy atom. The second-order valence-corrected chi connectivity index (χ2v) is 6.35. The number of guanidine groups is 1. The zero-order chi connectivity index (χ0) is 19.2. The van der Waals surface area contributed by atoms with Gasteiger partial charge >= 0.3 is 0 Å². The molecule has 4 rings (SSSR count). The Morgan fingerprint density at radius 2 is 1.86 bits per heavy atom. The molecule has 1 aliphatic heterocycles. The van der Waals surface area contributed by atoms with Gasteiger partial charge in [-0.3, -0.25) is 4.99 Å². The second-order valence-electron chi connectivity index (χ2n) is 6.35. The van der Waals surface area contributed by atoms with Crippen molar-refractivity contribution in [1.29, 1.82) is 0 Å². The lowest BCUT2D eigenvalue weighted by Gasteiger charge is -2.27. The molecule has 1 atom stereocenters. The van der Waals surface area contributed by atoms with Crippen molar-refractivity contribution in [2.45, 2.75) is 12.6 Å². The van der Waals surface area contributed by atoms with Crippen LogP contribution >= 0.6 is 0 Å². The fourth-order valence-corrected chi connectivity index (χ4v) is 2.90. The maximum absolute atomic E-state index is 5.94. The molecule has 2 N–H and O–H groups in total. The number of para-hydroxylation sites is 2. The summed E-state index contributed by atoms with van der Waals surface area (Å²) < 4.78 is 17.1. The standard InChI is InChI=1S/C21H22N4O3/c1-22-21(24-13-17-14-26-18-9-5-6-10-19(18)27-17)23-12-16-11-20(28-25-16)15-7-3-2-4-8-15/h2-11,17H,12-14H2,1H3,(H2,22,23,24). The lowest BCUT2D eigenvalue weighted by atomic mass is 10.2. The normalized spacial score (nSPS) is 15.9. The van der Waals surface area contributed by atoms with Crippen LogP contribution in [0.1, 0.15) is 5.69 Å². The number of rotatable bonds is 5. The highest BCUT2D eigenvalue weighted by Crippen LogP contribution is 2.30. The van der Waals surface area contributed by atoms with Crippen LogP contribution in [0.15, 0.2) is 70.2 Å². The van der Waals surface area contributed by atoms with E-state index in [2.05, 4.69) is 20.8 Å². The average Bonchev–Trinajstić information content (AvgIpc) is 3.23. The van der Waals surface area contributed by atoms with Gasteiger partial charge in [-0.1, -0.05) is 47.6 Å². The van der Waals surface area contributed by atoms with E-state index in [1.165, 1.54) is 0 Å². The smallest absolute Gasteiger partial charge is 0.191 e. The molecule has 0 amide bonds. The minimum Gasteiger partial charge on any atom is -0.486 e. The van der Waals surface area contributed by atoms with Crippen molar-refractivity contribution in [2.75, 3.05) is 20.2 Å².